The van der Waals surface area contributed by atoms with Gasteiger partial charge in [-0.25, -0.2) is 0 Å². The maximum absolute atomic E-state index is 12.6. The molecule has 1 saturated heterocycles. The Labute approximate surface area is 175 Å². The first-order chi connectivity index (χ1) is 12.9. The number of benzene rings is 2. The predicted octanol–water partition coefficient (Wildman–Crippen LogP) is 4.55. The molecule has 2 aromatic rings. The number of thiocarbonyl (C=S) groups is 1. The van der Waals surface area contributed by atoms with Crippen molar-refractivity contribution < 1.29 is 14.3 Å². The van der Waals surface area contributed by atoms with Crippen LogP contribution in [-0.4, -0.2) is 28.3 Å². The van der Waals surface area contributed by atoms with Gasteiger partial charge in [0.05, 0.1) is 12.0 Å². The third kappa shape index (κ3) is 4.27. The van der Waals surface area contributed by atoms with E-state index in [-0.39, 0.29) is 4.32 Å². The highest BCUT2D eigenvalue weighted by Gasteiger charge is 2.34. The van der Waals surface area contributed by atoms with Crippen LogP contribution in [0.1, 0.15) is 15.9 Å². The summed E-state index contributed by atoms with van der Waals surface area (Å²) in [5.41, 5.74) is 3.39. The molecule has 0 radical (unpaired) electrons. The molecular weight excluding hydrogens is 427 g/mol. The highest BCUT2D eigenvalue weighted by atomic mass is 35.5. The summed E-state index contributed by atoms with van der Waals surface area (Å²) in [5, 5.41) is 1.86. The minimum atomic E-state index is -0.467. The van der Waals surface area contributed by atoms with Crippen LogP contribution < -0.4 is 10.2 Å². The van der Waals surface area contributed by atoms with Gasteiger partial charge in [-0.2, -0.15) is 5.01 Å². The number of nitrogens with zero attached hydrogens (tertiary/aromatic N) is 1. The highest BCUT2D eigenvalue weighted by Crippen LogP contribution is 2.35. The van der Waals surface area contributed by atoms with Crippen molar-refractivity contribution >= 4 is 69.4 Å². The van der Waals surface area contributed by atoms with Crippen LogP contribution in [0.5, 0.6) is 5.75 Å². The molecule has 0 saturated carbocycles. The van der Waals surface area contributed by atoms with Crippen LogP contribution in [0.4, 0.5) is 0 Å². The molecule has 0 atom stereocenters. The van der Waals surface area contributed by atoms with Gasteiger partial charge in [0.2, 0.25) is 0 Å². The molecule has 2 amide bonds. The van der Waals surface area contributed by atoms with E-state index in [0.29, 0.717) is 31.8 Å². The van der Waals surface area contributed by atoms with E-state index in [1.807, 2.05) is 0 Å². The van der Waals surface area contributed by atoms with E-state index >= 15 is 0 Å². The first kappa shape index (κ1) is 19.7. The summed E-state index contributed by atoms with van der Waals surface area (Å²) in [5.74, 6) is -0.300. The number of carbonyl (C=O) groups excluding carboxylic acids is 2. The van der Waals surface area contributed by atoms with Crippen molar-refractivity contribution in [1.82, 2.24) is 10.4 Å². The van der Waals surface area contributed by atoms with Gasteiger partial charge in [-0.3, -0.25) is 15.0 Å². The Hall–Kier alpha value is -2.06. The van der Waals surface area contributed by atoms with Crippen LogP contribution in [0.2, 0.25) is 10.0 Å². The Morgan fingerprint density at radius 3 is 2.41 bits per heavy atom. The maximum Gasteiger partial charge on any atom is 0.285 e. The molecule has 0 unspecified atom stereocenters. The lowest BCUT2D eigenvalue weighted by Crippen LogP contribution is -2.44. The van der Waals surface area contributed by atoms with Gasteiger partial charge < -0.3 is 4.74 Å². The second-order valence-electron chi connectivity index (χ2n) is 5.32. The average molecular weight is 439 g/mol. The molecule has 27 heavy (non-hydrogen) atoms. The van der Waals surface area contributed by atoms with Crippen molar-refractivity contribution in [1.29, 1.82) is 0 Å². The average Bonchev–Trinajstić information content (AvgIpc) is 2.92. The van der Waals surface area contributed by atoms with Crippen molar-refractivity contribution in [3.63, 3.8) is 0 Å². The molecule has 0 spiro atoms. The number of hydrazine groups is 1. The highest BCUT2D eigenvalue weighted by molar-refractivity contribution is 8.26. The summed E-state index contributed by atoms with van der Waals surface area (Å²) in [6.07, 6.45) is 1.56. The first-order valence-corrected chi connectivity index (χ1v) is 9.56. The Morgan fingerprint density at radius 2 is 1.81 bits per heavy atom. The zero-order valence-corrected chi connectivity index (χ0v) is 17.0. The fourth-order valence-electron chi connectivity index (χ4n) is 2.25. The summed E-state index contributed by atoms with van der Waals surface area (Å²) < 4.78 is 5.26. The summed E-state index contributed by atoms with van der Waals surface area (Å²) in [4.78, 5) is 25.3. The first-order valence-electron chi connectivity index (χ1n) is 7.57. The molecule has 1 aliphatic rings. The van der Waals surface area contributed by atoms with Crippen molar-refractivity contribution in [2.45, 2.75) is 0 Å². The van der Waals surface area contributed by atoms with Crippen molar-refractivity contribution in [2.24, 2.45) is 0 Å². The summed E-state index contributed by atoms with van der Waals surface area (Å²) in [6, 6.07) is 11.5. The van der Waals surface area contributed by atoms with Gasteiger partial charge in [-0.15, -0.1) is 0 Å². The number of methoxy groups -OCH3 is 1. The van der Waals surface area contributed by atoms with Gasteiger partial charge in [0, 0.05) is 21.2 Å². The molecule has 9 heteroatoms. The number of rotatable bonds is 4. The van der Waals surface area contributed by atoms with Gasteiger partial charge in [0.25, 0.3) is 11.8 Å². The van der Waals surface area contributed by atoms with E-state index in [0.717, 1.165) is 16.8 Å². The van der Waals surface area contributed by atoms with E-state index in [1.165, 1.54) is 7.11 Å². The third-order valence-corrected chi connectivity index (χ3v) is 5.60. The third-order valence-electron chi connectivity index (χ3n) is 3.63. The number of carbonyl (C=O) groups is 2. The zero-order chi connectivity index (χ0) is 19.6. The molecule has 0 aliphatic carbocycles. The fourth-order valence-corrected chi connectivity index (χ4v) is 3.92. The molecule has 1 aliphatic heterocycles. The molecule has 5 nitrogen and oxygen atoms in total. The SMILES string of the molecule is COc1ccc(C(=O)NN2C(=O)C(=Cc3c(Cl)cccc3Cl)SC2=S)cc1. The normalized spacial score (nSPS) is 15.4. The molecule has 2 aromatic carbocycles. The number of thioether (sulfide) groups is 1. The number of hydrogen-bond donors (Lipinski definition) is 1. The van der Waals surface area contributed by atoms with Gasteiger partial charge in [-0.1, -0.05) is 41.0 Å². The van der Waals surface area contributed by atoms with Crippen LogP contribution in [0.25, 0.3) is 6.08 Å². The van der Waals surface area contributed by atoms with Crippen LogP contribution in [0.15, 0.2) is 47.4 Å². The minimum absolute atomic E-state index is 0.205. The van der Waals surface area contributed by atoms with E-state index in [1.54, 1.807) is 48.5 Å². The zero-order valence-electron chi connectivity index (χ0n) is 13.9. The Kier molecular flexibility index (Phi) is 6.06. The quantitative estimate of drug-likeness (QED) is 0.560. The summed E-state index contributed by atoms with van der Waals surface area (Å²) >= 11 is 18.5. The lowest BCUT2D eigenvalue weighted by Gasteiger charge is -2.15. The largest absolute Gasteiger partial charge is 0.497 e. The molecule has 0 bridgehead atoms. The Morgan fingerprint density at radius 1 is 1.19 bits per heavy atom. The van der Waals surface area contributed by atoms with Crippen LogP contribution >= 0.6 is 47.2 Å². The maximum atomic E-state index is 12.6. The minimum Gasteiger partial charge on any atom is -0.497 e. The number of ether oxygens (including phenoxy) is 1. The molecule has 3 rings (SSSR count). The summed E-state index contributed by atoms with van der Waals surface area (Å²) in [7, 11) is 1.53. The summed E-state index contributed by atoms with van der Waals surface area (Å²) in [6.45, 7) is 0. The van der Waals surface area contributed by atoms with Gasteiger partial charge in [-0.05, 0) is 54.7 Å². The van der Waals surface area contributed by atoms with Crippen LogP contribution in [-0.2, 0) is 4.79 Å². The van der Waals surface area contributed by atoms with Crippen molar-refractivity contribution in [3.8, 4) is 5.75 Å². The molecule has 1 heterocycles. The molecule has 0 aromatic heterocycles. The Balaban J connectivity index is 1.79. The van der Waals surface area contributed by atoms with Gasteiger partial charge in [0.15, 0.2) is 4.32 Å². The van der Waals surface area contributed by atoms with Crippen LogP contribution in [0.3, 0.4) is 0 Å². The molecular formula is C18H12Cl2N2O3S2. The van der Waals surface area contributed by atoms with Crippen LogP contribution in [0, 0.1) is 0 Å². The monoisotopic (exact) mass is 438 g/mol. The number of amides is 2. The Bertz CT molecular complexity index is 941. The number of hydrogen-bond acceptors (Lipinski definition) is 5. The molecule has 1 N–H and O–H groups in total. The van der Waals surface area contributed by atoms with E-state index < -0.39 is 11.8 Å². The van der Waals surface area contributed by atoms with Gasteiger partial charge >= 0.3 is 0 Å². The lowest BCUT2D eigenvalue weighted by molar-refractivity contribution is -0.123. The fraction of sp³-hybridized carbons (Fsp3) is 0.0556. The van der Waals surface area contributed by atoms with Crippen molar-refractivity contribution in [2.75, 3.05) is 7.11 Å². The van der Waals surface area contributed by atoms with Gasteiger partial charge in [0.1, 0.15) is 5.75 Å². The van der Waals surface area contributed by atoms with E-state index in [4.69, 9.17) is 40.2 Å². The lowest BCUT2D eigenvalue weighted by atomic mass is 10.2. The number of nitrogens with one attached hydrogen (secondary N) is 1. The second kappa shape index (κ2) is 8.31. The van der Waals surface area contributed by atoms with E-state index in [2.05, 4.69) is 5.43 Å². The van der Waals surface area contributed by atoms with E-state index in [9.17, 15) is 9.59 Å². The second-order valence-corrected chi connectivity index (χ2v) is 7.81. The number of halogens is 2. The molecule has 138 valence electrons. The topological polar surface area (TPSA) is 58.6 Å². The smallest absolute Gasteiger partial charge is 0.285 e. The molecule has 1 fully saturated rings. The predicted molar refractivity (Wildman–Crippen MR) is 112 cm³/mol. The standard InChI is InChI=1S/C18H12Cl2N2O3S2/c1-25-11-7-5-10(6-8-11)16(23)21-22-17(24)15(27-18(22)26)9-12-13(19)3-2-4-14(12)20/h2-9H,1H3,(H,21,23). The van der Waals surface area contributed by atoms with Crippen molar-refractivity contribution in [3.05, 3.63) is 68.5 Å².